The van der Waals surface area contributed by atoms with Crippen LogP contribution in [-0.4, -0.2) is 17.9 Å². The summed E-state index contributed by atoms with van der Waals surface area (Å²) in [6.45, 7) is 4.51. The van der Waals surface area contributed by atoms with Gasteiger partial charge in [-0.3, -0.25) is 0 Å². The van der Waals surface area contributed by atoms with Crippen molar-refractivity contribution in [1.29, 1.82) is 0 Å². The van der Waals surface area contributed by atoms with Crippen LogP contribution < -0.4 is 5.32 Å². The van der Waals surface area contributed by atoms with E-state index >= 15 is 0 Å². The Morgan fingerprint density at radius 3 is 2.50 bits per heavy atom. The Labute approximate surface area is 148 Å². The van der Waals surface area contributed by atoms with Gasteiger partial charge in [0.2, 0.25) is 0 Å². The van der Waals surface area contributed by atoms with E-state index in [4.69, 9.17) is 4.74 Å². The number of hydrogen-bond acceptors (Lipinski definition) is 3. The van der Waals surface area contributed by atoms with Crippen molar-refractivity contribution >= 4 is 17.9 Å². The first-order valence-corrected chi connectivity index (χ1v) is 9.32. The predicted molar refractivity (Wildman–Crippen MR) is 100 cm³/mol. The molecule has 0 radical (unpaired) electrons. The number of alkyl carbamates (subject to hydrolysis) is 1. The predicted octanol–water partition coefficient (Wildman–Crippen LogP) is 5.18. The maximum Gasteiger partial charge on any atom is 0.407 e. The molecule has 128 valence electrons. The molecule has 0 aromatic heterocycles. The third-order valence-electron chi connectivity index (χ3n) is 3.64. The van der Waals surface area contributed by atoms with Crippen LogP contribution in [0.1, 0.15) is 30.9 Å². The minimum atomic E-state index is -0.346. The molecule has 4 heteroatoms. The zero-order valence-corrected chi connectivity index (χ0v) is 15.1. The van der Waals surface area contributed by atoms with Crippen LogP contribution >= 0.6 is 11.8 Å². The number of carbonyl (C=O) groups excluding carboxylic acids is 1. The number of amides is 1. The van der Waals surface area contributed by atoms with Gasteiger partial charge in [-0.15, -0.1) is 11.8 Å². The molecule has 0 fully saturated rings. The van der Waals surface area contributed by atoms with E-state index in [1.54, 1.807) is 11.8 Å². The minimum absolute atomic E-state index is 0.115. The van der Waals surface area contributed by atoms with Gasteiger partial charge in [-0.2, -0.15) is 0 Å². The number of aryl methyl sites for hydroxylation is 1. The lowest BCUT2D eigenvalue weighted by molar-refractivity contribution is 0.136. The Kier molecular flexibility index (Phi) is 7.69. The second-order valence-electron chi connectivity index (χ2n) is 5.82. The van der Waals surface area contributed by atoms with Crippen molar-refractivity contribution in [3.05, 3.63) is 65.7 Å². The summed E-state index contributed by atoms with van der Waals surface area (Å²) in [5, 5.41) is 2.99. The Morgan fingerprint density at radius 2 is 1.83 bits per heavy atom. The summed E-state index contributed by atoms with van der Waals surface area (Å²) in [6.07, 6.45) is 1.62. The topological polar surface area (TPSA) is 38.3 Å². The first kappa shape index (κ1) is 18.4. The van der Waals surface area contributed by atoms with Gasteiger partial charge in [-0.1, -0.05) is 61.4 Å². The molecule has 2 aromatic rings. The molecular formula is C20H25NO2S. The highest BCUT2D eigenvalue weighted by molar-refractivity contribution is 7.99. The van der Waals surface area contributed by atoms with Crippen molar-refractivity contribution in [2.45, 2.75) is 44.2 Å². The van der Waals surface area contributed by atoms with Crippen molar-refractivity contribution < 1.29 is 9.53 Å². The zero-order valence-electron chi connectivity index (χ0n) is 14.3. The fraction of sp³-hybridized carbons (Fsp3) is 0.350. The number of benzene rings is 2. The summed E-state index contributed by atoms with van der Waals surface area (Å²) < 4.78 is 5.31. The largest absolute Gasteiger partial charge is 0.445 e. The van der Waals surface area contributed by atoms with Gasteiger partial charge in [0.1, 0.15) is 6.61 Å². The summed E-state index contributed by atoms with van der Waals surface area (Å²) >= 11 is 1.76. The third-order valence-corrected chi connectivity index (χ3v) is 4.82. The van der Waals surface area contributed by atoms with Gasteiger partial charge in [0.25, 0.3) is 0 Å². The fourth-order valence-electron chi connectivity index (χ4n) is 2.31. The quantitative estimate of drug-likeness (QED) is 0.671. The number of ether oxygens (including phenoxy) is 1. The monoisotopic (exact) mass is 343 g/mol. The highest BCUT2D eigenvalue weighted by atomic mass is 32.2. The summed E-state index contributed by atoms with van der Waals surface area (Å²) in [5.74, 6) is 0.845. The molecule has 0 saturated heterocycles. The van der Waals surface area contributed by atoms with Crippen LogP contribution in [0, 0.1) is 6.92 Å². The van der Waals surface area contributed by atoms with E-state index in [9.17, 15) is 4.79 Å². The number of carbonyl (C=O) groups is 1. The Hall–Kier alpha value is -1.94. The summed E-state index contributed by atoms with van der Waals surface area (Å²) in [5.41, 5.74) is 2.25. The smallest absolute Gasteiger partial charge is 0.407 e. The molecule has 1 unspecified atom stereocenters. The van der Waals surface area contributed by atoms with Gasteiger partial charge >= 0.3 is 6.09 Å². The molecule has 0 aliphatic heterocycles. The molecule has 2 rings (SSSR count). The van der Waals surface area contributed by atoms with E-state index in [0.29, 0.717) is 6.61 Å². The maximum atomic E-state index is 12.0. The Balaban J connectivity index is 1.78. The molecule has 1 atom stereocenters. The summed E-state index contributed by atoms with van der Waals surface area (Å²) in [6, 6.07) is 18.3. The normalized spacial score (nSPS) is 11.8. The van der Waals surface area contributed by atoms with E-state index in [2.05, 4.69) is 43.4 Å². The molecular weight excluding hydrogens is 318 g/mol. The van der Waals surface area contributed by atoms with Crippen molar-refractivity contribution in [2.24, 2.45) is 0 Å². The van der Waals surface area contributed by atoms with Crippen LogP contribution in [0.15, 0.2) is 59.5 Å². The Morgan fingerprint density at radius 1 is 1.12 bits per heavy atom. The molecule has 2 aromatic carbocycles. The highest BCUT2D eigenvalue weighted by Gasteiger charge is 2.13. The minimum Gasteiger partial charge on any atom is -0.445 e. The molecule has 0 aliphatic rings. The van der Waals surface area contributed by atoms with E-state index in [-0.39, 0.29) is 12.1 Å². The van der Waals surface area contributed by atoms with Gasteiger partial charge in [-0.25, -0.2) is 4.79 Å². The van der Waals surface area contributed by atoms with Crippen molar-refractivity contribution in [3.8, 4) is 0 Å². The van der Waals surface area contributed by atoms with Crippen molar-refractivity contribution in [3.63, 3.8) is 0 Å². The average molecular weight is 343 g/mol. The van der Waals surface area contributed by atoms with Gasteiger partial charge in [0.05, 0.1) is 0 Å². The molecule has 3 nitrogen and oxygen atoms in total. The van der Waals surface area contributed by atoms with Crippen LogP contribution in [0.2, 0.25) is 0 Å². The maximum absolute atomic E-state index is 12.0. The molecule has 0 aliphatic carbocycles. The molecule has 24 heavy (non-hydrogen) atoms. The van der Waals surface area contributed by atoms with Crippen LogP contribution in [0.25, 0.3) is 0 Å². The van der Waals surface area contributed by atoms with Crippen molar-refractivity contribution in [1.82, 2.24) is 5.32 Å². The van der Waals surface area contributed by atoms with E-state index in [1.165, 1.54) is 10.5 Å². The molecule has 0 bridgehead atoms. The lowest BCUT2D eigenvalue weighted by atomic mass is 10.2. The van der Waals surface area contributed by atoms with Gasteiger partial charge in [0.15, 0.2) is 0 Å². The Bertz CT molecular complexity index is 613. The first-order valence-electron chi connectivity index (χ1n) is 8.34. The average Bonchev–Trinajstić information content (AvgIpc) is 2.60. The van der Waals surface area contributed by atoms with Crippen LogP contribution in [0.5, 0.6) is 0 Å². The SMILES string of the molecule is CCCC(CSc1ccc(C)cc1)NC(=O)OCc1ccccc1. The number of rotatable bonds is 8. The second-order valence-corrected chi connectivity index (χ2v) is 6.91. The van der Waals surface area contributed by atoms with E-state index in [0.717, 1.165) is 24.2 Å². The molecule has 0 spiro atoms. The number of nitrogens with one attached hydrogen (secondary N) is 1. The molecule has 1 N–H and O–H groups in total. The second kappa shape index (κ2) is 10.0. The summed E-state index contributed by atoms with van der Waals surface area (Å²) in [7, 11) is 0. The molecule has 1 amide bonds. The fourth-order valence-corrected chi connectivity index (χ4v) is 3.28. The van der Waals surface area contributed by atoms with Crippen LogP contribution in [0.4, 0.5) is 4.79 Å². The lowest BCUT2D eigenvalue weighted by Gasteiger charge is -2.17. The van der Waals surface area contributed by atoms with Gasteiger partial charge in [-0.05, 0) is 31.0 Å². The van der Waals surface area contributed by atoms with Crippen LogP contribution in [0.3, 0.4) is 0 Å². The third kappa shape index (κ3) is 6.67. The molecule has 0 heterocycles. The zero-order chi connectivity index (χ0) is 17.2. The standard InChI is InChI=1S/C20H25NO2S/c1-3-7-18(15-24-19-12-10-16(2)11-13-19)21-20(22)23-14-17-8-5-4-6-9-17/h4-6,8-13,18H,3,7,14-15H2,1-2H3,(H,21,22). The van der Waals surface area contributed by atoms with Crippen LogP contribution in [-0.2, 0) is 11.3 Å². The lowest BCUT2D eigenvalue weighted by Crippen LogP contribution is -2.36. The van der Waals surface area contributed by atoms with Gasteiger partial charge < -0.3 is 10.1 Å². The molecule has 0 saturated carbocycles. The van der Waals surface area contributed by atoms with Gasteiger partial charge in [0, 0.05) is 16.7 Å². The van der Waals surface area contributed by atoms with Crippen molar-refractivity contribution in [2.75, 3.05) is 5.75 Å². The number of thioether (sulfide) groups is 1. The van der Waals surface area contributed by atoms with E-state index < -0.39 is 0 Å². The van der Waals surface area contributed by atoms with E-state index in [1.807, 2.05) is 30.3 Å². The first-order chi connectivity index (χ1) is 11.7. The summed E-state index contributed by atoms with van der Waals surface area (Å²) in [4.78, 5) is 13.2. The number of hydrogen-bond donors (Lipinski definition) is 1. The highest BCUT2D eigenvalue weighted by Crippen LogP contribution is 2.20.